The van der Waals surface area contributed by atoms with Crippen LogP contribution in [0.1, 0.15) is 5.76 Å². The molecule has 7 heteroatoms. The number of para-hydroxylation sites is 1. The van der Waals surface area contributed by atoms with E-state index in [0.717, 1.165) is 0 Å². The molecule has 0 aliphatic rings. The van der Waals surface area contributed by atoms with Crippen molar-refractivity contribution < 1.29 is 27.1 Å². The maximum absolute atomic E-state index is 11.9. The zero-order valence-electron chi connectivity index (χ0n) is 9.87. The highest BCUT2D eigenvalue weighted by Gasteiger charge is 2.27. The van der Waals surface area contributed by atoms with Crippen molar-refractivity contribution in [1.82, 2.24) is 0 Å². The summed E-state index contributed by atoms with van der Waals surface area (Å²) in [6, 6.07) is 6.99. The lowest BCUT2D eigenvalue weighted by molar-refractivity contribution is -0.186. The van der Waals surface area contributed by atoms with E-state index in [-0.39, 0.29) is 6.54 Å². The average Bonchev–Trinajstić information content (AvgIpc) is 2.71. The van der Waals surface area contributed by atoms with Crippen LogP contribution in [-0.2, 0) is 11.3 Å². The van der Waals surface area contributed by atoms with Gasteiger partial charge in [-0.2, -0.15) is 13.2 Å². The second-order valence-electron chi connectivity index (χ2n) is 3.78. The zero-order chi connectivity index (χ0) is 13.9. The van der Waals surface area contributed by atoms with Crippen LogP contribution in [0.3, 0.4) is 0 Å². The predicted molar refractivity (Wildman–Crippen MR) is 61.6 cm³/mol. The van der Waals surface area contributed by atoms with Gasteiger partial charge in [-0.05, 0) is 12.1 Å². The van der Waals surface area contributed by atoms with Gasteiger partial charge in [0, 0.05) is 0 Å². The normalized spacial score (nSPS) is 12.0. The van der Waals surface area contributed by atoms with Crippen LogP contribution in [0.2, 0.25) is 0 Å². The largest absolute Gasteiger partial charge is 0.463 e. The van der Waals surface area contributed by atoms with Crippen molar-refractivity contribution >= 4 is 11.0 Å². The first-order chi connectivity index (χ1) is 9.01. The summed E-state index contributed by atoms with van der Waals surface area (Å²) in [5, 5.41) is 0.651. The third kappa shape index (κ3) is 3.39. The molecule has 0 bridgehead atoms. The van der Waals surface area contributed by atoms with Gasteiger partial charge in [-0.25, -0.2) is 0 Å². The maximum Gasteiger partial charge on any atom is 0.411 e. The number of hydrogen-bond acceptors (Lipinski definition) is 4. The molecule has 0 radical (unpaired) electrons. The van der Waals surface area contributed by atoms with Crippen molar-refractivity contribution in [3.05, 3.63) is 30.0 Å². The van der Waals surface area contributed by atoms with Crippen LogP contribution in [0.4, 0.5) is 13.2 Å². The van der Waals surface area contributed by atoms with Gasteiger partial charge >= 0.3 is 6.18 Å². The third-order valence-electron chi connectivity index (χ3n) is 2.36. The molecule has 1 heterocycles. The van der Waals surface area contributed by atoms with Gasteiger partial charge in [0.1, 0.15) is 12.2 Å². The molecule has 0 saturated carbocycles. The SMILES string of the molecule is NCc1oc2ccccc2c1OCOCC(F)(F)F. The summed E-state index contributed by atoms with van der Waals surface area (Å²) >= 11 is 0. The summed E-state index contributed by atoms with van der Waals surface area (Å²) in [5.74, 6) is 0.692. The van der Waals surface area contributed by atoms with Gasteiger partial charge in [0.05, 0.1) is 11.9 Å². The van der Waals surface area contributed by atoms with Crippen molar-refractivity contribution in [1.29, 1.82) is 0 Å². The Bertz CT molecular complexity index is 551. The van der Waals surface area contributed by atoms with E-state index in [1.165, 1.54) is 0 Å². The van der Waals surface area contributed by atoms with Gasteiger partial charge in [0.25, 0.3) is 0 Å². The Kier molecular flexibility index (Phi) is 3.96. The summed E-state index contributed by atoms with van der Waals surface area (Å²) < 4.78 is 50.7. The molecule has 0 atom stereocenters. The monoisotopic (exact) mass is 275 g/mol. The van der Waals surface area contributed by atoms with Crippen molar-refractivity contribution in [2.45, 2.75) is 12.7 Å². The molecule has 0 saturated heterocycles. The molecule has 0 unspecified atom stereocenters. The standard InChI is InChI=1S/C12H12F3NO3/c13-12(14,15)6-17-7-18-11-8-3-1-2-4-9(8)19-10(11)5-16/h1-4H,5-7,16H2. The Morgan fingerprint density at radius 2 is 1.95 bits per heavy atom. The molecule has 0 aliphatic carbocycles. The number of nitrogens with two attached hydrogens (primary N) is 1. The summed E-state index contributed by atoms with van der Waals surface area (Å²) in [6.45, 7) is -1.79. The molecule has 1 aromatic carbocycles. The Morgan fingerprint density at radius 1 is 1.21 bits per heavy atom. The van der Waals surface area contributed by atoms with E-state index < -0.39 is 19.6 Å². The fourth-order valence-electron chi connectivity index (χ4n) is 1.62. The van der Waals surface area contributed by atoms with Crippen molar-refractivity contribution in [3.8, 4) is 5.75 Å². The summed E-state index contributed by atoms with van der Waals surface area (Å²) in [6.07, 6.45) is -4.38. The van der Waals surface area contributed by atoms with E-state index in [4.69, 9.17) is 14.9 Å². The molecule has 2 N–H and O–H groups in total. The number of halogens is 3. The number of hydrogen-bond donors (Lipinski definition) is 1. The van der Waals surface area contributed by atoms with E-state index in [0.29, 0.717) is 22.5 Å². The van der Waals surface area contributed by atoms with Gasteiger partial charge in [0.2, 0.25) is 0 Å². The van der Waals surface area contributed by atoms with Crippen LogP contribution in [0, 0.1) is 0 Å². The molecule has 0 spiro atoms. The van der Waals surface area contributed by atoms with Gasteiger partial charge in [-0.1, -0.05) is 12.1 Å². The highest BCUT2D eigenvalue weighted by Crippen LogP contribution is 2.32. The highest BCUT2D eigenvalue weighted by atomic mass is 19.4. The maximum atomic E-state index is 11.9. The molecule has 104 valence electrons. The molecule has 2 aromatic rings. The molecule has 19 heavy (non-hydrogen) atoms. The number of benzene rings is 1. The van der Waals surface area contributed by atoms with E-state index >= 15 is 0 Å². The number of fused-ring (bicyclic) bond motifs is 1. The van der Waals surface area contributed by atoms with Crippen molar-refractivity contribution in [2.75, 3.05) is 13.4 Å². The van der Waals surface area contributed by atoms with Crippen LogP contribution < -0.4 is 10.5 Å². The Hall–Kier alpha value is -1.73. The number of rotatable bonds is 5. The van der Waals surface area contributed by atoms with Gasteiger partial charge in [-0.3, -0.25) is 0 Å². The van der Waals surface area contributed by atoms with E-state index in [2.05, 4.69) is 4.74 Å². The van der Waals surface area contributed by atoms with Crippen LogP contribution in [0.25, 0.3) is 11.0 Å². The van der Waals surface area contributed by atoms with E-state index in [1.807, 2.05) is 0 Å². The molecule has 4 nitrogen and oxygen atoms in total. The lowest BCUT2D eigenvalue weighted by Gasteiger charge is -2.09. The first-order valence-electron chi connectivity index (χ1n) is 5.49. The molecule has 0 aliphatic heterocycles. The second kappa shape index (κ2) is 5.50. The first kappa shape index (κ1) is 13.7. The number of alkyl halides is 3. The average molecular weight is 275 g/mol. The molecule has 0 fully saturated rings. The van der Waals surface area contributed by atoms with Crippen molar-refractivity contribution in [2.24, 2.45) is 5.73 Å². The van der Waals surface area contributed by atoms with E-state index in [1.54, 1.807) is 24.3 Å². The first-order valence-corrected chi connectivity index (χ1v) is 5.49. The molecule has 1 aromatic heterocycles. The molecular weight excluding hydrogens is 263 g/mol. The van der Waals surface area contributed by atoms with Gasteiger partial charge in [0.15, 0.2) is 18.3 Å². The summed E-state index contributed by atoms with van der Waals surface area (Å²) in [7, 11) is 0. The lowest BCUT2D eigenvalue weighted by atomic mass is 10.2. The molecular formula is C12H12F3NO3. The minimum atomic E-state index is -4.38. The zero-order valence-corrected chi connectivity index (χ0v) is 9.87. The molecule has 2 rings (SSSR count). The van der Waals surface area contributed by atoms with E-state index in [9.17, 15) is 13.2 Å². The fraction of sp³-hybridized carbons (Fsp3) is 0.333. The lowest BCUT2D eigenvalue weighted by Crippen LogP contribution is -2.19. The smallest absolute Gasteiger partial charge is 0.411 e. The number of ether oxygens (including phenoxy) is 2. The summed E-state index contributed by atoms with van der Waals surface area (Å²) in [4.78, 5) is 0. The van der Waals surface area contributed by atoms with Crippen LogP contribution in [0.5, 0.6) is 5.75 Å². The topological polar surface area (TPSA) is 57.6 Å². The highest BCUT2D eigenvalue weighted by molar-refractivity contribution is 5.85. The minimum Gasteiger partial charge on any atom is -0.463 e. The second-order valence-corrected chi connectivity index (χ2v) is 3.78. The Labute approximate surface area is 106 Å². The van der Waals surface area contributed by atoms with Gasteiger partial charge < -0.3 is 19.6 Å². The predicted octanol–water partition coefficient (Wildman–Crippen LogP) is 2.81. The third-order valence-corrected chi connectivity index (χ3v) is 2.36. The fourth-order valence-corrected chi connectivity index (χ4v) is 1.62. The molecule has 0 amide bonds. The minimum absolute atomic E-state index is 0.0866. The summed E-state index contributed by atoms with van der Waals surface area (Å²) in [5.41, 5.74) is 6.06. The Morgan fingerprint density at radius 3 is 2.63 bits per heavy atom. The van der Waals surface area contributed by atoms with Crippen LogP contribution in [-0.4, -0.2) is 19.6 Å². The number of furan rings is 1. The van der Waals surface area contributed by atoms with Crippen LogP contribution in [0.15, 0.2) is 28.7 Å². The Balaban J connectivity index is 2.07. The van der Waals surface area contributed by atoms with Gasteiger partial charge in [-0.15, -0.1) is 0 Å². The van der Waals surface area contributed by atoms with Crippen molar-refractivity contribution in [3.63, 3.8) is 0 Å². The van der Waals surface area contributed by atoms with Crippen LogP contribution >= 0.6 is 0 Å². The quantitative estimate of drug-likeness (QED) is 0.673.